The topological polar surface area (TPSA) is 97.6 Å². The lowest BCUT2D eigenvalue weighted by atomic mass is 9.92. The number of nitrogens with zero attached hydrogens (tertiary/aromatic N) is 1. The molecule has 0 atom stereocenters. The van der Waals surface area contributed by atoms with E-state index in [0.29, 0.717) is 26.2 Å². The van der Waals surface area contributed by atoms with Crippen LogP contribution in [0.2, 0.25) is 0 Å². The third-order valence-corrected chi connectivity index (χ3v) is 5.35. The molecule has 0 spiro atoms. The Morgan fingerprint density at radius 3 is 2.67 bits per heavy atom. The van der Waals surface area contributed by atoms with E-state index >= 15 is 0 Å². The second-order valence-electron chi connectivity index (χ2n) is 7.65. The van der Waals surface area contributed by atoms with Gasteiger partial charge in [-0.25, -0.2) is 4.79 Å². The van der Waals surface area contributed by atoms with Gasteiger partial charge in [0.05, 0.1) is 13.7 Å². The maximum absolute atomic E-state index is 11.5. The molecule has 3 rings (SSSR count). The van der Waals surface area contributed by atoms with Crippen LogP contribution in [0.4, 0.5) is 0 Å². The fourth-order valence-electron chi connectivity index (χ4n) is 3.65. The van der Waals surface area contributed by atoms with Crippen molar-refractivity contribution in [2.75, 3.05) is 34.0 Å². The Morgan fingerprint density at radius 1 is 1.12 bits per heavy atom. The number of carboxylic acid groups (broad SMARTS) is 1. The van der Waals surface area contributed by atoms with Gasteiger partial charge >= 0.3 is 5.97 Å². The molecule has 1 aliphatic heterocycles. The van der Waals surface area contributed by atoms with Crippen LogP contribution in [0.15, 0.2) is 58.8 Å². The Kier molecular flexibility index (Phi) is 8.27. The zero-order valence-corrected chi connectivity index (χ0v) is 19.1. The molecule has 2 aromatic carbocycles. The lowest BCUT2D eigenvalue weighted by Crippen LogP contribution is -2.08. The average molecular weight is 452 g/mol. The predicted octanol–water partition coefficient (Wildman–Crippen LogP) is 4.70. The van der Waals surface area contributed by atoms with Gasteiger partial charge in [0.2, 0.25) is 0 Å². The molecule has 7 nitrogen and oxygen atoms in total. The highest BCUT2D eigenvalue weighted by molar-refractivity contribution is 6.09. The molecule has 1 heterocycles. The predicted molar refractivity (Wildman–Crippen MR) is 128 cm³/mol. The van der Waals surface area contributed by atoms with Crippen molar-refractivity contribution in [2.45, 2.75) is 19.8 Å². The summed E-state index contributed by atoms with van der Waals surface area (Å²) in [6.45, 7) is 3.34. The minimum atomic E-state index is -1.22. The van der Waals surface area contributed by atoms with E-state index in [1.54, 1.807) is 14.2 Å². The molecule has 0 saturated heterocycles. The molecule has 0 amide bonds. The molecule has 0 bridgehead atoms. The molecule has 7 heteroatoms. The number of allylic oxidation sites excluding steroid dienone is 2. The molecule has 0 unspecified atom stereocenters. The molecule has 2 N–H and O–H groups in total. The Bertz CT molecular complexity index is 1100. The summed E-state index contributed by atoms with van der Waals surface area (Å²) < 4.78 is 16.7. The highest BCUT2D eigenvalue weighted by atomic mass is 16.5. The van der Waals surface area contributed by atoms with E-state index in [1.165, 1.54) is 12.3 Å². The van der Waals surface area contributed by atoms with E-state index in [0.717, 1.165) is 45.7 Å². The summed E-state index contributed by atoms with van der Waals surface area (Å²) in [5, 5.41) is 19.8. The van der Waals surface area contributed by atoms with E-state index in [-0.39, 0.29) is 11.3 Å². The molecule has 0 radical (unpaired) electrons. The van der Waals surface area contributed by atoms with Crippen LogP contribution >= 0.6 is 0 Å². The van der Waals surface area contributed by atoms with E-state index in [4.69, 9.17) is 14.2 Å². The summed E-state index contributed by atoms with van der Waals surface area (Å²) in [5.41, 5.74) is 4.20. The zero-order chi connectivity index (χ0) is 23.8. The number of aliphatic hydroxyl groups is 1. The highest BCUT2D eigenvalue weighted by Crippen LogP contribution is 2.37. The van der Waals surface area contributed by atoms with Crippen LogP contribution in [0.1, 0.15) is 24.5 Å². The van der Waals surface area contributed by atoms with Crippen molar-refractivity contribution in [1.29, 1.82) is 0 Å². The number of rotatable bonds is 8. The van der Waals surface area contributed by atoms with Gasteiger partial charge in [0.25, 0.3) is 0 Å². The van der Waals surface area contributed by atoms with Crippen LogP contribution in [-0.4, -0.2) is 56.4 Å². The fraction of sp³-hybridized carbons (Fsp3) is 0.308. The summed E-state index contributed by atoms with van der Waals surface area (Å²) in [7, 11) is 3.28. The van der Waals surface area contributed by atoms with Crippen molar-refractivity contribution in [2.24, 2.45) is 4.99 Å². The van der Waals surface area contributed by atoms with Gasteiger partial charge in [-0.05, 0) is 65.9 Å². The number of methoxy groups -OCH3 is 2. The molecule has 33 heavy (non-hydrogen) atoms. The number of aliphatic hydroxyl groups excluding tert-OH is 1. The molecule has 2 aromatic rings. The lowest BCUT2D eigenvalue weighted by Gasteiger charge is -2.19. The number of fused-ring (bicyclic) bond motifs is 1. The normalized spacial score (nSPS) is 15.4. The molecule has 0 fully saturated rings. The number of hydrogen-bond donors (Lipinski definition) is 2. The van der Waals surface area contributed by atoms with E-state index in [9.17, 15) is 15.0 Å². The molecule has 0 aliphatic carbocycles. The first-order valence-corrected chi connectivity index (χ1v) is 10.7. The van der Waals surface area contributed by atoms with Crippen LogP contribution in [0, 0.1) is 0 Å². The molecule has 0 saturated carbocycles. The maximum Gasteiger partial charge on any atom is 0.341 e. The lowest BCUT2D eigenvalue weighted by molar-refractivity contribution is -0.132. The van der Waals surface area contributed by atoms with Gasteiger partial charge < -0.3 is 24.4 Å². The highest BCUT2D eigenvalue weighted by Gasteiger charge is 2.17. The summed E-state index contributed by atoms with van der Waals surface area (Å²) >= 11 is 0. The number of hydrogen-bond acceptors (Lipinski definition) is 6. The van der Waals surface area contributed by atoms with Crippen molar-refractivity contribution >= 4 is 17.8 Å². The van der Waals surface area contributed by atoms with Gasteiger partial charge in [-0.3, -0.25) is 4.99 Å². The number of aliphatic carboxylic acids is 1. The van der Waals surface area contributed by atoms with Crippen LogP contribution in [0.5, 0.6) is 11.5 Å². The van der Waals surface area contributed by atoms with Gasteiger partial charge in [-0.15, -0.1) is 0 Å². The summed E-state index contributed by atoms with van der Waals surface area (Å²) in [6.07, 6.45) is 4.02. The number of ether oxygens (including phenoxy) is 3. The Labute approximate surface area is 193 Å². The van der Waals surface area contributed by atoms with Gasteiger partial charge in [0.15, 0.2) is 0 Å². The van der Waals surface area contributed by atoms with Crippen LogP contribution < -0.4 is 9.47 Å². The van der Waals surface area contributed by atoms with E-state index < -0.39 is 5.97 Å². The summed E-state index contributed by atoms with van der Waals surface area (Å²) in [4.78, 5) is 15.7. The van der Waals surface area contributed by atoms with Crippen molar-refractivity contribution in [3.8, 4) is 22.6 Å². The monoisotopic (exact) mass is 451 g/mol. The third kappa shape index (κ3) is 6.02. The Hall–Kier alpha value is -3.58. The quantitative estimate of drug-likeness (QED) is 0.565. The number of carbonyl (C=O) groups is 1. The van der Waals surface area contributed by atoms with Crippen LogP contribution in [0.3, 0.4) is 0 Å². The van der Waals surface area contributed by atoms with Crippen molar-refractivity contribution in [1.82, 2.24) is 0 Å². The second kappa shape index (κ2) is 11.3. The Balaban J connectivity index is 2.15. The van der Waals surface area contributed by atoms with Gasteiger partial charge in [-0.1, -0.05) is 12.1 Å². The third-order valence-electron chi connectivity index (χ3n) is 5.35. The van der Waals surface area contributed by atoms with Crippen molar-refractivity contribution in [3.63, 3.8) is 0 Å². The van der Waals surface area contributed by atoms with Crippen LogP contribution in [0.25, 0.3) is 16.7 Å². The first-order valence-electron chi connectivity index (χ1n) is 10.7. The van der Waals surface area contributed by atoms with Gasteiger partial charge in [-0.2, -0.15) is 0 Å². The van der Waals surface area contributed by atoms with E-state index in [1.807, 2.05) is 43.3 Å². The zero-order valence-electron chi connectivity index (χ0n) is 19.1. The molecule has 174 valence electrons. The number of benzene rings is 2. The second-order valence-corrected chi connectivity index (χ2v) is 7.65. The van der Waals surface area contributed by atoms with Gasteiger partial charge in [0, 0.05) is 38.5 Å². The first-order chi connectivity index (χ1) is 15.9. The SMILES string of the molecule is COCCCOc1cc2c(cc1-c1cccc(OC)c1)/C(C)=C/C(O)=C(C(=O)O)C=NCC2. The van der Waals surface area contributed by atoms with Crippen molar-refractivity contribution in [3.05, 3.63) is 64.9 Å². The van der Waals surface area contributed by atoms with E-state index in [2.05, 4.69) is 4.99 Å². The molecule has 1 aliphatic rings. The fourth-order valence-corrected chi connectivity index (χ4v) is 3.65. The van der Waals surface area contributed by atoms with Gasteiger partial charge in [0.1, 0.15) is 22.8 Å². The Morgan fingerprint density at radius 2 is 1.94 bits per heavy atom. The maximum atomic E-state index is 11.5. The standard InChI is InChI=1S/C26H29NO6/c1-17-12-24(28)23(26(29)30)16-27-9-8-19-14-25(33-11-5-10-31-2)22(15-21(17)19)18-6-4-7-20(13-18)32-3/h4,6-7,12-16,28H,5,8-11H2,1-3H3,(H,29,30)/b17-12+,24-23?,27-16?. The number of carboxylic acids is 1. The number of aliphatic imine (C=N–C) groups is 1. The molecular weight excluding hydrogens is 422 g/mol. The molecule has 0 aromatic heterocycles. The summed E-state index contributed by atoms with van der Waals surface area (Å²) in [6, 6.07) is 11.7. The smallest absolute Gasteiger partial charge is 0.341 e. The minimum absolute atomic E-state index is 0.232. The molecular formula is C26H29NO6. The largest absolute Gasteiger partial charge is 0.507 e. The first kappa shape index (κ1) is 24.1. The van der Waals surface area contributed by atoms with Crippen LogP contribution in [-0.2, 0) is 16.0 Å². The summed E-state index contributed by atoms with van der Waals surface area (Å²) in [5.74, 6) is -0.0959. The minimum Gasteiger partial charge on any atom is -0.507 e. The van der Waals surface area contributed by atoms with Crippen molar-refractivity contribution < 1.29 is 29.2 Å². The average Bonchev–Trinajstić information content (AvgIpc) is 2.81.